The SMILES string of the molecule is CCc1ccc(C(=O)CC(C)(C)N(Cl)N(Cl)C(=O)c2ccccc2[N+](=O)[O-])cc1. The number of Topliss-reactive ketones (excluding diaryl/α,β-unsaturated/α-hetero) is 1. The Balaban J connectivity index is 2.18. The monoisotopic (exact) mass is 437 g/mol. The molecule has 9 heteroatoms. The average Bonchev–Trinajstić information content (AvgIpc) is 2.71. The zero-order chi connectivity index (χ0) is 21.8. The maximum Gasteiger partial charge on any atom is 0.291 e. The van der Waals surface area contributed by atoms with Gasteiger partial charge in [-0.1, -0.05) is 43.3 Å². The molecule has 2 rings (SSSR count). The predicted octanol–water partition coefficient (Wildman–Crippen LogP) is 5.18. The summed E-state index contributed by atoms with van der Waals surface area (Å²) in [4.78, 5) is 35.8. The van der Waals surface area contributed by atoms with Gasteiger partial charge < -0.3 is 0 Å². The van der Waals surface area contributed by atoms with Crippen molar-refractivity contribution in [1.82, 2.24) is 9.06 Å². The van der Waals surface area contributed by atoms with E-state index in [9.17, 15) is 19.7 Å². The Morgan fingerprint density at radius 1 is 1.07 bits per heavy atom. The van der Waals surface area contributed by atoms with Gasteiger partial charge >= 0.3 is 0 Å². The molecule has 0 bridgehead atoms. The number of carbonyl (C=O) groups excluding carboxylic acids is 2. The van der Waals surface area contributed by atoms with Crippen LogP contribution in [0.3, 0.4) is 0 Å². The Kier molecular flexibility index (Phi) is 7.35. The molecular weight excluding hydrogens is 417 g/mol. The van der Waals surface area contributed by atoms with E-state index in [0.29, 0.717) is 10.1 Å². The first-order valence-corrected chi connectivity index (χ1v) is 9.57. The molecule has 154 valence electrons. The van der Waals surface area contributed by atoms with Crippen LogP contribution >= 0.6 is 23.6 Å². The maximum atomic E-state index is 12.7. The third-order valence-corrected chi connectivity index (χ3v) is 5.42. The number of nitro benzene ring substituents is 1. The van der Waals surface area contributed by atoms with E-state index >= 15 is 0 Å². The summed E-state index contributed by atoms with van der Waals surface area (Å²) in [5.74, 6) is -1.05. The fourth-order valence-electron chi connectivity index (χ4n) is 2.72. The summed E-state index contributed by atoms with van der Waals surface area (Å²) >= 11 is 12.4. The lowest BCUT2D eigenvalue weighted by molar-refractivity contribution is -0.385. The molecule has 0 spiro atoms. The van der Waals surface area contributed by atoms with Gasteiger partial charge in [0.2, 0.25) is 0 Å². The summed E-state index contributed by atoms with van der Waals surface area (Å²) in [6.07, 6.45) is 0.833. The molecule has 0 heterocycles. The summed E-state index contributed by atoms with van der Waals surface area (Å²) in [6.45, 7) is 5.30. The lowest BCUT2D eigenvalue weighted by Gasteiger charge is -2.35. The fourth-order valence-corrected chi connectivity index (χ4v) is 3.14. The zero-order valence-electron chi connectivity index (χ0n) is 16.3. The van der Waals surface area contributed by atoms with Crippen molar-refractivity contribution < 1.29 is 14.5 Å². The Morgan fingerprint density at radius 3 is 2.21 bits per heavy atom. The molecule has 0 fully saturated rings. The number of hydrazine groups is 1. The third kappa shape index (κ3) is 5.32. The van der Waals surface area contributed by atoms with Crippen LogP contribution in [0, 0.1) is 10.1 Å². The molecule has 0 aromatic heterocycles. The molecule has 0 aliphatic rings. The van der Waals surface area contributed by atoms with E-state index in [1.165, 1.54) is 24.3 Å². The van der Waals surface area contributed by atoms with Gasteiger partial charge in [-0.15, -0.1) is 4.53 Å². The van der Waals surface area contributed by atoms with E-state index in [-0.39, 0.29) is 17.8 Å². The Hall–Kier alpha value is -2.48. The van der Waals surface area contributed by atoms with Crippen LogP contribution < -0.4 is 0 Å². The van der Waals surface area contributed by atoms with Crippen LogP contribution in [0.4, 0.5) is 5.69 Å². The van der Waals surface area contributed by atoms with Crippen LogP contribution in [0.2, 0.25) is 0 Å². The van der Waals surface area contributed by atoms with E-state index in [4.69, 9.17) is 23.6 Å². The van der Waals surface area contributed by atoms with Crippen molar-refractivity contribution in [2.75, 3.05) is 0 Å². The first-order valence-electron chi connectivity index (χ1n) is 8.90. The number of hydrogen-bond donors (Lipinski definition) is 0. The van der Waals surface area contributed by atoms with Gasteiger partial charge in [0.1, 0.15) is 5.56 Å². The van der Waals surface area contributed by atoms with Crippen molar-refractivity contribution in [2.45, 2.75) is 39.2 Å². The highest BCUT2D eigenvalue weighted by molar-refractivity contribution is 6.27. The predicted molar refractivity (Wildman–Crippen MR) is 112 cm³/mol. The van der Waals surface area contributed by atoms with Crippen molar-refractivity contribution in [3.8, 4) is 0 Å². The van der Waals surface area contributed by atoms with Crippen LogP contribution in [-0.4, -0.2) is 31.2 Å². The number of aryl methyl sites for hydroxylation is 1. The molecule has 0 saturated carbocycles. The first-order chi connectivity index (χ1) is 13.6. The van der Waals surface area contributed by atoms with Gasteiger partial charge in [0.05, 0.1) is 10.5 Å². The standard InChI is InChI=1S/C20H21Cl2N3O4/c1-4-14-9-11-15(12-10-14)18(26)13-20(2,3)25(22)23(21)19(27)16-7-5-6-8-17(16)24(28)29/h5-12H,4,13H2,1-3H3. The van der Waals surface area contributed by atoms with Gasteiger partial charge in [0.15, 0.2) is 5.78 Å². The van der Waals surface area contributed by atoms with Gasteiger partial charge in [-0.2, -0.15) is 4.53 Å². The molecule has 29 heavy (non-hydrogen) atoms. The molecule has 7 nitrogen and oxygen atoms in total. The highest BCUT2D eigenvalue weighted by Gasteiger charge is 2.37. The molecule has 1 amide bonds. The fraction of sp³-hybridized carbons (Fsp3) is 0.300. The number of nitrogens with zero attached hydrogens (tertiary/aromatic N) is 3. The van der Waals surface area contributed by atoms with Gasteiger partial charge in [0, 0.05) is 41.6 Å². The molecular formula is C20H21Cl2N3O4. The maximum absolute atomic E-state index is 12.7. The Bertz CT molecular complexity index is 916. The number of ketones is 1. The number of amides is 1. The van der Waals surface area contributed by atoms with E-state index in [1.807, 2.05) is 19.1 Å². The quantitative estimate of drug-likeness (QED) is 0.246. The van der Waals surface area contributed by atoms with Crippen LogP contribution in [0.1, 0.15) is 53.5 Å². The van der Waals surface area contributed by atoms with Crippen LogP contribution in [-0.2, 0) is 6.42 Å². The zero-order valence-corrected chi connectivity index (χ0v) is 17.8. The Morgan fingerprint density at radius 2 is 1.66 bits per heavy atom. The largest absolute Gasteiger partial charge is 0.294 e. The highest BCUT2D eigenvalue weighted by atomic mass is 35.5. The van der Waals surface area contributed by atoms with Crippen molar-refractivity contribution in [3.63, 3.8) is 0 Å². The molecule has 0 unspecified atom stereocenters. The number of para-hydroxylation sites is 1. The number of benzene rings is 2. The van der Waals surface area contributed by atoms with E-state index in [2.05, 4.69) is 0 Å². The van der Waals surface area contributed by atoms with Crippen molar-refractivity contribution >= 4 is 40.9 Å². The molecule has 2 aromatic carbocycles. The first kappa shape index (κ1) is 22.8. The Labute approximate surface area is 179 Å². The number of nitro groups is 1. The lowest BCUT2D eigenvalue weighted by Crippen LogP contribution is -2.48. The highest BCUT2D eigenvalue weighted by Crippen LogP contribution is 2.30. The minimum Gasteiger partial charge on any atom is -0.294 e. The molecule has 0 atom stereocenters. The number of halogens is 2. The molecule has 2 aromatic rings. The molecule has 0 radical (unpaired) electrons. The third-order valence-electron chi connectivity index (χ3n) is 4.43. The summed E-state index contributed by atoms with van der Waals surface area (Å²) in [5.41, 5.74) is -0.0231. The van der Waals surface area contributed by atoms with Gasteiger partial charge in [0.25, 0.3) is 11.6 Å². The van der Waals surface area contributed by atoms with Gasteiger partial charge in [-0.05, 0) is 31.9 Å². The van der Waals surface area contributed by atoms with Crippen LogP contribution in [0.25, 0.3) is 0 Å². The minimum atomic E-state index is -1.05. The second-order valence-electron chi connectivity index (χ2n) is 7.06. The summed E-state index contributed by atoms with van der Waals surface area (Å²) < 4.78 is 1.43. The van der Waals surface area contributed by atoms with Crippen molar-refractivity contribution in [2.24, 2.45) is 0 Å². The molecule has 0 aliphatic carbocycles. The normalized spacial score (nSPS) is 11.4. The number of carbonyl (C=O) groups is 2. The second-order valence-corrected chi connectivity index (χ2v) is 7.70. The van der Waals surface area contributed by atoms with E-state index in [1.54, 1.807) is 26.0 Å². The van der Waals surface area contributed by atoms with E-state index < -0.39 is 22.1 Å². The number of rotatable bonds is 8. The summed E-state index contributed by atoms with van der Waals surface area (Å²) in [6, 6.07) is 12.7. The van der Waals surface area contributed by atoms with Gasteiger partial charge in [-0.3, -0.25) is 19.7 Å². The van der Waals surface area contributed by atoms with Gasteiger partial charge in [-0.25, -0.2) is 0 Å². The topological polar surface area (TPSA) is 83.8 Å². The number of hydrogen-bond acceptors (Lipinski definition) is 5. The molecule has 0 saturated heterocycles. The molecule has 0 N–H and O–H groups in total. The van der Waals surface area contributed by atoms with Crippen LogP contribution in [0.5, 0.6) is 0 Å². The van der Waals surface area contributed by atoms with Crippen molar-refractivity contribution in [1.29, 1.82) is 0 Å². The van der Waals surface area contributed by atoms with Crippen molar-refractivity contribution in [3.05, 3.63) is 75.3 Å². The van der Waals surface area contributed by atoms with Crippen LogP contribution in [0.15, 0.2) is 48.5 Å². The molecule has 0 aliphatic heterocycles. The minimum absolute atomic E-state index is 0.0324. The lowest BCUT2D eigenvalue weighted by atomic mass is 9.94. The average molecular weight is 438 g/mol. The summed E-state index contributed by atoms with van der Waals surface area (Å²) in [7, 11) is 0. The second kappa shape index (κ2) is 9.35. The smallest absolute Gasteiger partial charge is 0.291 e. The summed E-state index contributed by atoms with van der Waals surface area (Å²) in [5, 5.41) is 11.2. The van der Waals surface area contributed by atoms with E-state index in [0.717, 1.165) is 16.5 Å².